The maximum absolute atomic E-state index is 12.5. The van der Waals surface area contributed by atoms with E-state index in [2.05, 4.69) is 20.1 Å². The largest absolute Gasteiger partial charge is 0.467 e. The van der Waals surface area contributed by atoms with Crippen molar-refractivity contribution in [2.24, 2.45) is 5.11 Å². The van der Waals surface area contributed by atoms with Gasteiger partial charge in [-0.3, -0.25) is 4.79 Å². The van der Waals surface area contributed by atoms with Crippen molar-refractivity contribution in [1.29, 1.82) is 0 Å². The molecule has 2 fully saturated rings. The summed E-state index contributed by atoms with van der Waals surface area (Å²) in [5.74, 6) is -1.16. The smallest absolute Gasteiger partial charge is 0.337 e. The first kappa shape index (κ1) is 18.4. The third kappa shape index (κ3) is 3.60. The second-order valence-electron chi connectivity index (χ2n) is 5.31. The van der Waals surface area contributed by atoms with Gasteiger partial charge in [0, 0.05) is 19.1 Å². The van der Waals surface area contributed by atoms with Crippen molar-refractivity contribution >= 4 is 11.9 Å². The predicted molar refractivity (Wildman–Crippen MR) is 78.0 cm³/mol. The van der Waals surface area contributed by atoms with E-state index in [1.807, 2.05) is 0 Å². The molecule has 11 heteroatoms. The molecule has 2 saturated heterocycles. The van der Waals surface area contributed by atoms with Crippen LogP contribution in [-0.2, 0) is 33.3 Å². The maximum atomic E-state index is 12.5. The number of amides is 1. The molecule has 24 heavy (non-hydrogen) atoms. The Morgan fingerprint density at radius 3 is 2.33 bits per heavy atom. The summed E-state index contributed by atoms with van der Waals surface area (Å²) in [6, 6.07) is -1.55. The van der Waals surface area contributed by atoms with Gasteiger partial charge in [-0.2, -0.15) is 0 Å². The Balaban J connectivity index is 2.11. The zero-order chi connectivity index (χ0) is 17.7. The van der Waals surface area contributed by atoms with Crippen molar-refractivity contribution in [3.05, 3.63) is 10.4 Å². The molecule has 0 aliphatic carbocycles. The minimum absolute atomic E-state index is 0.119. The number of carbonyl (C=O) groups excluding carboxylic acids is 2. The summed E-state index contributed by atoms with van der Waals surface area (Å²) in [5, 5.41) is 6.24. The zero-order valence-electron chi connectivity index (χ0n) is 13.6. The van der Waals surface area contributed by atoms with Gasteiger partial charge in [0.05, 0.1) is 32.5 Å². The van der Waals surface area contributed by atoms with E-state index in [4.69, 9.17) is 24.5 Å². The van der Waals surface area contributed by atoms with Gasteiger partial charge in [0.2, 0.25) is 5.91 Å². The van der Waals surface area contributed by atoms with Crippen LogP contribution < -0.4 is 5.32 Å². The molecular weight excluding hydrogens is 324 g/mol. The van der Waals surface area contributed by atoms with E-state index in [1.165, 1.54) is 21.3 Å². The third-order valence-corrected chi connectivity index (χ3v) is 4.09. The van der Waals surface area contributed by atoms with Gasteiger partial charge in [-0.25, -0.2) is 4.79 Å². The van der Waals surface area contributed by atoms with Gasteiger partial charge in [-0.1, -0.05) is 5.11 Å². The summed E-state index contributed by atoms with van der Waals surface area (Å²) in [7, 11) is 4.11. The molecule has 0 aromatic heterocycles. The number of ether oxygens (including phenoxy) is 5. The van der Waals surface area contributed by atoms with Crippen LogP contribution in [0.5, 0.6) is 0 Å². The molecule has 0 unspecified atom stereocenters. The molecular formula is C13H20N4O7. The van der Waals surface area contributed by atoms with Crippen LogP contribution in [0, 0.1) is 0 Å². The second-order valence-corrected chi connectivity index (χ2v) is 5.31. The van der Waals surface area contributed by atoms with Gasteiger partial charge < -0.3 is 29.0 Å². The minimum Gasteiger partial charge on any atom is -0.467 e. The highest BCUT2D eigenvalue weighted by molar-refractivity contribution is 5.84. The van der Waals surface area contributed by atoms with Crippen LogP contribution in [0.1, 0.15) is 0 Å². The highest BCUT2D eigenvalue weighted by Gasteiger charge is 2.47. The summed E-state index contributed by atoms with van der Waals surface area (Å²) in [6.45, 7) is 0.251. The molecule has 1 N–H and O–H groups in total. The maximum Gasteiger partial charge on any atom is 0.337 e. The molecule has 0 saturated carbocycles. The van der Waals surface area contributed by atoms with Crippen molar-refractivity contribution in [3.63, 3.8) is 0 Å². The lowest BCUT2D eigenvalue weighted by Gasteiger charge is -2.24. The van der Waals surface area contributed by atoms with Crippen molar-refractivity contribution < 1.29 is 33.3 Å². The Labute approximate surface area is 138 Å². The molecule has 6 atom stereocenters. The Bertz CT molecular complexity index is 524. The average molecular weight is 344 g/mol. The standard InChI is InChI=1S/C13H20N4O7/c1-20-6-4-24-11(13(19)22-3)8(6)15-12(18)10-9(16-17-14)7(21-2)5-23-10/h6-11H,4-5H2,1-3H3,(H,15,18)/t6-,7-,8-,9-,10-,11-/m1/s1. The molecule has 11 nitrogen and oxygen atoms in total. The first-order chi connectivity index (χ1) is 11.6. The summed E-state index contributed by atoms with van der Waals surface area (Å²) < 4.78 is 25.8. The van der Waals surface area contributed by atoms with Crippen molar-refractivity contribution in [3.8, 4) is 0 Å². The number of nitrogens with one attached hydrogen (secondary N) is 1. The predicted octanol–water partition coefficient (Wildman–Crippen LogP) is -0.849. The molecule has 2 heterocycles. The van der Waals surface area contributed by atoms with E-state index in [0.29, 0.717) is 0 Å². The number of esters is 1. The Kier molecular flexibility index (Phi) is 6.35. The van der Waals surface area contributed by atoms with Gasteiger partial charge in [0.25, 0.3) is 0 Å². The fraction of sp³-hybridized carbons (Fsp3) is 0.846. The molecule has 0 aromatic rings. The van der Waals surface area contributed by atoms with Gasteiger partial charge in [0.1, 0.15) is 18.2 Å². The molecule has 0 bridgehead atoms. The van der Waals surface area contributed by atoms with Crippen LogP contribution >= 0.6 is 0 Å². The number of hydrogen-bond acceptors (Lipinski definition) is 8. The van der Waals surface area contributed by atoms with Gasteiger partial charge >= 0.3 is 5.97 Å². The van der Waals surface area contributed by atoms with Crippen molar-refractivity contribution in [1.82, 2.24) is 5.32 Å². The van der Waals surface area contributed by atoms with E-state index in [0.717, 1.165) is 0 Å². The van der Waals surface area contributed by atoms with E-state index in [9.17, 15) is 9.59 Å². The Hall–Kier alpha value is -1.91. The summed E-state index contributed by atoms with van der Waals surface area (Å²) in [4.78, 5) is 27.0. The fourth-order valence-electron chi connectivity index (χ4n) is 2.78. The van der Waals surface area contributed by atoms with Crippen molar-refractivity contribution in [2.45, 2.75) is 36.5 Å². The highest BCUT2D eigenvalue weighted by Crippen LogP contribution is 2.23. The van der Waals surface area contributed by atoms with Crippen LogP contribution in [0.4, 0.5) is 0 Å². The molecule has 0 spiro atoms. The number of carbonyl (C=O) groups is 2. The molecule has 1 amide bonds. The number of rotatable bonds is 6. The molecule has 0 radical (unpaired) electrons. The molecule has 2 aliphatic rings. The van der Waals surface area contributed by atoms with Crippen LogP contribution in [0.2, 0.25) is 0 Å². The summed E-state index contributed by atoms with van der Waals surface area (Å²) in [6.07, 6.45) is -3.05. The fourth-order valence-corrected chi connectivity index (χ4v) is 2.78. The highest BCUT2D eigenvalue weighted by atomic mass is 16.6. The minimum atomic E-state index is -1.03. The van der Waals surface area contributed by atoms with E-state index in [1.54, 1.807) is 0 Å². The third-order valence-electron chi connectivity index (χ3n) is 4.09. The van der Waals surface area contributed by atoms with Gasteiger partial charge in [-0.05, 0) is 5.53 Å². The first-order valence-electron chi connectivity index (χ1n) is 7.28. The van der Waals surface area contributed by atoms with Crippen LogP contribution in [0.15, 0.2) is 5.11 Å². The van der Waals surface area contributed by atoms with Crippen molar-refractivity contribution in [2.75, 3.05) is 34.5 Å². The van der Waals surface area contributed by atoms with E-state index >= 15 is 0 Å². The van der Waals surface area contributed by atoms with E-state index < -0.39 is 48.4 Å². The van der Waals surface area contributed by atoms with Crippen LogP contribution in [-0.4, -0.2) is 82.9 Å². The van der Waals surface area contributed by atoms with Crippen LogP contribution in [0.3, 0.4) is 0 Å². The lowest BCUT2D eigenvalue weighted by Crippen LogP contribution is -2.54. The number of methoxy groups -OCH3 is 3. The Morgan fingerprint density at radius 2 is 1.75 bits per heavy atom. The van der Waals surface area contributed by atoms with Gasteiger partial charge in [-0.15, -0.1) is 0 Å². The topological polar surface area (TPSA) is 141 Å². The van der Waals surface area contributed by atoms with E-state index in [-0.39, 0.29) is 13.2 Å². The normalized spacial score (nSPS) is 35.3. The number of azide groups is 1. The monoisotopic (exact) mass is 344 g/mol. The number of hydrogen-bond donors (Lipinski definition) is 1. The molecule has 134 valence electrons. The van der Waals surface area contributed by atoms with Crippen LogP contribution in [0.25, 0.3) is 10.4 Å². The summed E-state index contributed by atoms with van der Waals surface area (Å²) >= 11 is 0. The number of nitrogens with zero attached hydrogens (tertiary/aromatic N) is 3. The zero-order valence-corrected chi connectivity index (χ0v) is 13.6. The first-order valence-corrected chi connectivity index (χ1v) is 7.28. The SMILES string of the molecule is COC(=O)[C@@H]1OC[C@@H](OC)[C@H]1NC(=O)[C@@H]1OC[C@@H](OC)[C@H]1N=[N+]=[N-]. The second kappa shape index (κ2) is 8.27. The Morgan fingerprint density at radius 1 is 1.12 bits per heavy atom. The molecule has 2 aliphatic heterocycles. The summed E-state index contributed by atoms with van der Waals surface area (Å²) in [5.41, 5.74) is 8.66. The lowest BCUT2D eigenvalue weighted by molar-refractivity contribution is -0.152. The lowest BCUT2D eigenvalue weighted by atomic mass is 10.1. The quantitative estimate of drug-likeness (QED) is 0.286. The molecule has 2 rings (SSSR count). The average Bonchev–Trinajstić information content (AvgIpc) is 3.18. The molecule has 0 aromatic carbocycles. The van der Waals surface area contributed by atoms with Gasteiger partial charge in [0.15, 0.2) is 6.10 Å².